The van der Waals surface area contributed by atoms with Crippen LogP contribution in [0.15, 0.2) is 24.3 Å². The summed E-state index contributed by atoms with van der Waals surface area (Å²) in [6.07, 6.45) is 18.3. The highest BCUT2D eigenvalue weighted by Crippen LogP contribution is 2.02. The van der Waals surface area contributed by atoms with Crippen LogP contribution in [0.1, 0.15) is 65.2 Å². The van der Waals surface area contributed by atoms with Gasteiger partial charge in [-0.3, -0.25) is 4.79 Å². The minimum Gasteiger partial charge on any atom is -0.466 e. The van der Waals surface area contributed by atoms with Crippen LogP contribution in [-0.2, 0) is 9.53 Å². The molecule has 0 saturated heterocycles. The minimum absolute atomic E-state index is 0.186. The van der Waals surface area contributed by atoms with Gasteiger partial charge in [-0.05, 0) is 38.5 Å². The van der Waals surface area contributed by atoms with Crippen LogP contribution in [0, 0.1) is 0 Å². The van der Waals surface area contributed by atoms with E-state index in [1.807, 2.05) is 0 Å². The van der Waals surface area contributed by atoms with Gasteiger partial charge in [-0.15, -0.1) is 0 Å². The molecule has 0 spiro atoms. The summed E-state index contributed by atoms with van der Waals surface area (Å²) in [6, 6.07) is 0. The van der Waals surface area contributed by atoms with Gasteiger partial charge >= 0.3 is 5.97 Å². The van der Waals surface area contributed by atoms with E-state index in [0.29, 0.717) is 6.61 Å². The highest BCUT2D eigenvalue weighted by atomic mass is 16.5. The van der Waals surface area contributed by atoms with E-state index in [2.05, 4.69) is 31.2 Å². The van der Waals surface area contributed by atoms with E-state index in [1.165, 1.54) is 39.0 Å². The summed E-state index contributed by atoms with van der Waals surface area (Å²) >= 11 is 0. The zero-order chi connectivity index (χ0) is 13.5. The molecular formula is C16H28O2. The third-order valence-corrected chi connectivity index (χ3v) is 2.62. The Bertz CT molecular complexity index is 241. The Morgan fingerprint density at radius 2 is 1.39 bits per heavy atom. The van der Waals surface area contributed by atoms with Gasteiger partial charge in [-0.1, -0.05) is 44.1 Å². The maximum absolute atomic E-state index is 10.5. The highest BCUT2D eigenvalue weighted by molar-refractivity contribution is 5.65. The second-order valence-electron chi connectivity index (χ2n) is 4.50. The maximum atomic E-state index is 10.5. The highest BCUT2D eigenvalue weighted by Gasteiger charge is 1.90. The molecule has 0 aromatic carbocycles. The number of carbonyl (C=O) groups excluding carboxylic acids is 1. The number of hydrogen-bond donors (Lipinski definition) is 0. The Morgan fingerprint density at radius 3 is 1.89 bits per heavy atom. The summed E-state index contributed by atoms with van der Waals surface area (Å²) in [5.74, 6) is -0.186. The molecule has 0 aromatic rings. The summed E-state index contributed by atoms with van der Waals surface area (Å²) < 4.78 is 4.85. The van der Waals surface area contributed by atoms with E-state index in [0.717, 1.165) is 19.3 Å². The number of carbonyl (C=O) groups is 1. The van der Waals surface area contributed by atoms with Gasteiger partial charge in [0.25, 0.3) is 0 Å². The monoisotopic (exact) mass is 252 g/mol. The lowest BCUT2D eigenvalue weighted by Gasteiger charge is -1.98. The molecule has 0 atom stereocenters. The number of esters is 1. The Hall–Kier alpha value is -1.05. The van der Waals surface area contributed by atoms with Gasteiger partial charge in [-0.25, -0.2) is 0 Å². The van der Waals surface area contributed by atoms with Crippen LogP contribution in [0.2, 0.25) is 0 Å². The number of ether oxygens (including phenoxy) is 1. The normalized spacial score (nSPS) is 11.4. The van der Waals surface area contributed by atoms with Crippen LogP contribution in [0.5, 0.6) is 0 Å². The molecule has 0 aliphatic heterocycles. The predicted octanol–water partition coefficient (Wildman–Crippen LogP) is 4.80. The first kappa shape index (κ1) is 16.9. The average Bonchev–Trinajstić information content (AvgIpc) is 2.34. The lowest BCUT2D eigenvalue weighted by molar-refractivity contribution is -0.141. The maximum Gasteiger partial charge on any atom is 0.302 e. The van der Waals surface area contributed by atoms with Crippen molar-refractivity contribution in [1.82, 2.24) is 0 Å². The third kappa shape index (κ3) is 14.9. The first-order valence-electron chi connectivity index (χ1n) is 7.20. The fourth-order valence-corrected chi connectivity index (χ4v) is 1.56. The average molecular weight is 252 g/mol. The summed E-state index contributed by atoms with van der Waals surface area (Å²) in [5, 5.41) is 0. The first-order valence-corrected chi connectivity index (χ1v) is 7.20. The SMILES string of the molecule is CCCC/C=C\CCC/C=C/CCCOC(C)=O. The number of rotatable bonds is 11. The van der Waals surface area contributed by atoms with Gasteiger partial charge in [0.05, 0.1) is 6.61 Å². The van der Waals surface area contributed by atoms with Crippen LogP contribution in [0.3, 0.4) is 0 Å². The van der Waals surface area contributed by atoms with E-state index in [-0.39, 0.29) is 5.97 Å². The van der Waals surface area contributed by atoms with Crippen LogP contribution < -0.4 is 0 Å². The van der Waals surface area contributed by atoms with E-state index in [4.69, 9.17) is 4.74 Å². The Morgan fingerprint density at radius 1 is 0.889 bits per heavy atom. The lowest BCUT2D eigenvalue weighted by atomic mass is 10.2. The molecule has 2 heteroatoms. The van der Waals surface area contributed by atoms with Gasteiger partial charge in [0.2, 0.25) is 0 Å². The zero-order valence-electron chi connectivity index (χ0n) is 12.0. The molecular weight excluding hydrogens is 224 g/mol. The number of hydrogen-bond acceptors (Lipinski definition) is 2. The molecule has 0 unspecified atom stereocenters. The number of unbranched alkanes of at least 4 members (excludes halogenated alkanes) is 5. The molecule has 0 fully saturated rings. The van der Waals surface area contributed by atoms with Crippen LogP contribution in [0.25, 0.3) is 0 Å². The van der Waals surface area contributed by atoms with Crippen molar-refractivity contribution in [1.29, 1.82) is 0 Å². The molecule has 2 nitrogen and oxygen atoms in total. The molecule has 0 amide bonds. The van der Waals surface area contributed by atoms with E-state index in [9.17, 15) is 4.79 Å². The summed E-state index contributed by atoms with van der Waals surface area (Å²) in [7, 11) is 0. The number of allylic oxidation sites excluding steroid dienone is 4. The van der Waals surface area contributed by atoms with Crippen LogP contribution in [0.4, 0.5) is 0 Å². The zero-order valence-corrected chi connectivity index (χ0v) is 12.0. The second kappa shape index (κ2) is 14.0. The first-order chi connectivity index (χ1) is 8.77. The molecule has 104 valence electrons. The fraction of sp³-hybridized carbons (Fsp3) is 0.688. The van der Waals surface area contributed by atoms with Crippen LogP contribution in [-0.4, -0.2) is 12.6 Å². The molecule has 0 aromatic heterocycles. The van der Waals surface area contributed by atoms with Gasteiger partial charge < -0.3 is 4.74 Å². The topological polar surface area (TPSA) is 26.3 Å². The van der Waals surface area contributed by atoms with Crippen molar-refractivity contribution < 1.29 is 9.53 Å². The molecule has 0 rings (SSSR count). The smallest absolute Gasteiger partial charge is 0.302 e. The van der Waals surface area contributed by atoms with Gasteiger partial charge in [0, 0.05) is 6.92 Å². The van der Waals surface area contributed by atoms with Crippen molar-refractivity contribution in [3.63, 3.8) is 0 Å². The summed E-state index contributed by atoms with van der Waals surface area (Å²) in [5.41, 5.74) is 0. The van der Waals surface area contributed by atoms with Crippen molar-refractivity contribution in [3.05, 3.63) is 24.3 Å². The molecule has 18 heavy (non-hydrogen) atoms. The Balaban J connectivity index is 3.18. The minimum atomic E-state index is -0.186. The van der Waals surface area contributed by atoms with Crippen molar-refractivity contribution >= 4 is 5.97 Å². The van der Waals surface area contributed by atoms with E-state index < -0.39 is 0 Å². The molecule has 0 saturated carbocycles. The summed E-state index contributed by atoms with van der Waals surface area (Å²) in [6.45, 7) is 4.21. The molecule has 0 bridgehead atoms. The molecule has 0 aliphatic rings. The third-order valence-electron chi connectivity index (χ3n) is 2.62. The lowest BCUT2D eigenvalue weighted by Crippen LogP contribution is -1.99. The molecule has 0 aliphatic carbocycles. The predicted molar refractivity (Wildman–Crippen MR) is 77.5 cm³/mol. The largest absolute Gasteiger partial charge is 0.466 e. The van der Waals surface area contributed by atoms with E-state index in [1.54, 1.807) is 0 Å². The van der Waals surface area contributed by atoms with Crippen LogP contribution >= 0.6 is 0 Å². The van der Waals surface area contributed by atoms with Gasteiger partial charge in [-0.2, -0.15) is 0 Å². The van der Waals surface area contributed by atoms with Crippen molar-refractivity contribution in [3.8, 4) is 0 Å². The quantitative estimate of drug-likeness (QED) is 0.300. The van der Waals surface area contributed by atoms with E-state index >= 15 is 0 Å². The van der Waals surface area contributed by atoms with Gasteiger partial charge in [0.1, 0.15) is 0 Å². The van der Waals surface area contributed by atoms with Crippen molar-refractivity contribution in [2.45, 2.75) is 65.2 Å². The molecule has 0 N–H and O–H groups in total. The second-order valence-corrected chi connectivity index (χ2v) is 4.50. The van der Waals surface area contributed by atoms with Gasteiger partial charge in [0.15, 0.2) is 0 Å². The standard InChI is InChI=1S/C16H28O2/c1-3-4-5-6-7-8-9-10-11-12-13-14-15-18-16(2)17/h6-7,11-12H,3-5,8-10,13-15H2,1-2H3/b7-6-,12-11+. The van der Waals surface area contributed by atoms with Crippen molar-refractivity contribution in [2.24, 2.45) is 0 Å². The summed E-state index contributed by atoms with van der Waals surface area (Å²) in [4.78, 5) is 10.5. The van der Waals surface area contributed by atoms with Crippen molar-refractivity contribution in [2.75, 3.05) is 6.61 Å². The molecule has 0 radical (unpaired) electrons. The Labute approximate surface area is 112 Å². The fourth-order valence-electron chi connectivity index (χ4n) is 1.56. The molecule has 0 heterocycles. The Kier molecular flexibility index (Phi) is 13.2.